The molecular weight excluding hydrogens is 541 g/mol. The fourth-order valence-corrected chi connectivity index (χ4v) is 19.7. The van der Waals surface area contributed by atoms with Crippen LogP contribution in [0.2, 0.25) is 51.4 Å². The minimum atomic E-state index is -2.09. The van der Waals surface area contributed by atoms with Gasteiger partial charge in [0, 0.05) is 13.7 Å². The lowest BCUT2D eigenvalue weighted by Crippen LogP contribution is -2.52. The summed E-state index contributed by atoms with van der Waals surface area (Å²) < 4.78 is 23.9. The van der Waals surface area contributed by atoms with Crippen LogP contribution in [-0.2, 0) is 27.5 Å². The minimum Gasteiger partial charge on any atom is -0.437 e. The van der Waals surface area contributed by atoms with E-state index in [0.29, 0.717) is 6.79 Å². The lowest BCUT2D eigenvalue weighted by molar-refractivity contribution is -0.272. The Labute approximate surface area is 247 Å². The van der Waals surface area contributed by atoms with Crippen molar-refractivity contribution in [1.29, 1.82) is 0 Å². The van der Waals surface area contributed by atoms with Crippen LogP contribution in [0.5, 0.6) is 0 Å². The molecule has 0 aliphatic rings. The first-order valence-electron chi connectivity index (χ1n) is 16.2. The van der Waals surface area contributed by atoms with Crippen LogP contribution in [0.3, 0.4) is 0 Å². The summed E-state index contributed by atoms with van der Waals surface area (Å²) in [5.74, 6) is 0. The van der Waals surface area contributed by atoms with E-state index in [1.165, 1.54) is 108 Å². The van der Waals surface area contributed by atoms with Crippen LogP contribution < -0.4 is 0 Å². The average Bonchev–Trinajstić information content (AvgIpc) is 2.84. The maximum absolute atomic E-state index is 6.83. The summed E-state index contributed by atoms with van der Waals surface area (Å²) in [7, 11) is -2.21. The molecule has 0 N–H and O–H groups in total. The Morgan fingerprint density at radius 3 is 1.18 bits per heavy atom. The lowest BCUT2D eigenvalue weighted by Gasteiger charge is -2.39. The summed E-state index contributed by atoms with van der Waals surface area (Å²) >= 11 is 0. The molecule has 39 heavy (non-hydrogen) atoms. The summed E-state index contributed by atoms with van der Waals surface area (Å²) in [5, 5.41) is 0. The van der Waals surface area contributed by atoms with Crippen LogP contribution in [0.1, 0.15) is 109 Å². The van der Waals surface area contributed by atoms with Crippen molar-refractivity contribution in [3.05, 3.63) is 0 Å². The van der Waals surface area contributed by atoms with E-state index in [0.717, 1.165) is 26.1 Å². The highest BCUT2D eigenvalue weighted by atomic mass is 28.5. The zero-order valence-electron chi connectivity index (χ0n) is 27.5. The summed E-state index contributed by atoms with van der Waals surface area (Å²) in [5.41, 5.74) is 0. The van der Waals surface area contributed by atoms with E-state index in [1.54, 1.807) is 14.2 Å². The van der Waals surface area contributed by atoms with Crippen molar-refractivity contribution in [2.24, 2.45) is 0 Å². The predicted molar refractivity (Wildman–Crippen MR) is 174 cm³/mol. The maximum atomic E-state index is 6.83. The second-order valence-corrected chi connectivity index (χ2v) is 25.4. The van der Waals surface area contributed by atoms with Gasteiger partial charge in [0.2, 0.25) is 0 Å². The van der Waals surface area contributed by atoms with E-state index in [4.69, 9.17) is 22.6 Å². The molecule has 0 heterocycles. The van der Waals surface area contributed by atoms with Gasteiger partial charge in [-0.1, -0.05) is 96.3 Å². The Kier molecular flexibility index (Phi) is 25.2. The van der Waals surface area contributed by atoms with Gasteiger partial charge in [-0.25, -0.2) is 9.78 Å². The summed E-state index contributed by atoms with van der Waals surface area (Å²) in [6, 6.07) is 2.51. The summed E-state index contributed by atoms with van der Waals surface area (Å²) in [6.07, 6.45) is 22.2. The van der Waals surface area contributed by atoms with Crippen molar-refractivity contribution in [1.82, 2.24) is 0 Å². The molecule has 236 valence electrons. The molecule has 0 atom stereocenters. The molecule has 0 saturated carbocycles. The third-order valence-corrected chi connectivity index (χ3v) is 18.7. The van der Waals surface area contributed by atoms with Crippen LogP contribution in [0.4, 0.5) is 0 Å². The second-order valence-electron chi connectivity index (χ2n) is 12.9. The van der Waals surface area contributed by atoms with E-state index >= 15 is 0 Å². The normalized spacial score (nSPS) is 12.9. The van der Waals surface area contributed by atoms with Gasteiger partial charge in [0.05, 0.1) is 13.7 Å². The molecule has 0 saturated heterocycles. The van der Waals surface area contributed by atoms with Gasteiger partial charge in [-0.3, -0.25) is 0 Å². The molecule has 0 fully saturated rings. The van der Waals surface area contributed by atoms with E-state index in [-0.39, 0.29) is 0 Å². The number of ether oxygens (including phenoxy) is 2. The van der Waals surface area contributed by atoms with Gasteiger partial charge in [0.15, 0.2) is 16.6 Å². The minimum absolute atomic E-state index is 0.420. The van der Waals surface area contributed by atoms with Gasteiger partial charge in [0.25, 0.3) is 0 Å². The highest BCUT2D eigenvalue weighted by molar-refractivity contribution is 6.87. The van der Waals surface area contributed by atoms with Crippen molar-refractivity contribution >= 4 is 25.2 Å². The Bertz CT molecular complexity index is 491. The number of rotatable bonds is 30. The van der Waals surface area contributed by atoms with Crippen LogP contribution in [-0.4, -0.2) is 59.4 Å². The maximum Gasteiger partial charge on any atom is 0.311 e. The van der Waals surface area contributed by atoms with Crippen molar-refractivity contribution in [3.63, 3.8) is 0 Å². The van der Waals surface area contributed by atoms with Crippen LogP contribution in [0.25, 0.3) is 0 Å². The average molecular weight is 609 g/mol. The molecule has 0 aromatic rings. The Morgan fingerprint density at radius 1 is 0.436 bits per heavy atom. The molecule has 6 nitrogen and oxygen atoms in total. The number of unbranched alkanes of at least 4 members (excludes halogenated alkanes) is 15. The smallest absolute Gasteiger partial charge is 0.311 e. The first-order valence-corrected chi connectivity index (χ1v) is 25.2. The summed E-state index contributed by atoms with van der Waals surface area (Å²) in [4.78, 5) is 9.54. The highest BCUT2D eigenvalue weighted by Crippen LogP contribution is 2.27. The number of hydrogen-bond donors (Lipinski definition) is 0. The van der Waals surface area contributed by atoms with Gasteiger partial charge in [-0.15, -0.1) is 0 Å². The van der Waals surface area contributed by atoms with E-state index in [1.807, 2.05) is 0 Å². The van der Waals surface area contributed by atoms with Crippen LogP contribution in [0.15, 0.2) is 0 Å². The molecule has 0 bridgehead atoms. The van der Waals surface area contributed by atoms with Crippen molar-refractivity contribution in [3.8, 4) is 0 Å². The molecular formula is C30H68O6Si3. The molecule has 0 aliphatic heterocycles. The molecule has 0 rings (SSSR count). The van der Waals surface area contributed by atoms with E-state index in [9.17, 15) is 0 Å². The van der Waals surface area contributed by atoms with Gasteiger partial charge in [-0.2, -0.15) is 0 Å². The SMILES string of the molecule is COCOCCCCCCCCCC[Si](C)(C)O[Si](C)(C)O[Si](C)(C)CCCCCCCCCCCOOC. The number of hydrogen-bond acceptors (Lipinski definition) is 6. The Balaban J connectivity index is 3.87. The zero-order valence-corrected chi connectivity index (χ0v) is 30.5. The molecule has 0 aromatic carbocycles. The predicted octanol–water partition coefficient (Wildman–Crippen LogP) is 9.96. The van der Waals surface area contributed by atoms with Gasteiger partial charge >= 0.3 is 8.56 Å². The molecule has 0 aliphatic carbocycles. The third-order valence-electron chi connectivity index (χ3n) is 7.19. The van der Waals surface area contributed by atoms with E-state index < -0.39 is 25.2 Å². The standard InChI is InChI=1S/C30H68O6Si3/c1-31-30-33-26-22-18-14-11-13-17-21-25-29-38(5,6)36-39(7,8)35-37(3,4)28-24-20-16-12-9-10-15-19-23-27-34-32-2/h9-30H2,1-8H3. The fourth-order valence-electron chi connectivity index (χ4n) is 5.44. The highest BCUT2D eigenvalue weighted by Gasteiger charge is 2.39. The Hall–Kier alpha value is 0.411. The monoisotopic (exact) mass is 608 g/mol. The molecule has 0 aromatic heterocycles. The molecule has 9 heteroatoms. The van der Waals surface area contributed by atoms with Crippen molar-refractivity contribution in [2.75, 3.05) is 34.2 Å². The third kappa shape index (κ3) is 28.3. The zero-order chi connectivity index (χ0) is 29.3. The second kappa shape index (κ2) is 25.0. The molecule has 0 radical (unpaired) electrons. The van der Waals surface area contributed by atoms with Gasteiger partial charge < -0.3 is 17.7 Å². The Morgan fingerprint density at radius 2 is 0.795 bits per heavy atom. The topological polar surface area (TPSA) is 55.4 Å². The van der Waals surface area contributed by atoms with Crippen LogP contribution >= 0.6 is 0 Å². The molecule has 0 unspecified atom stereocenters. The quantitative estimate of drug-likeness (QED) is 0.0266. The van der Waals surface area contributed by atoms with Crippen molar-refractivity contribution < 1.29 is 27.5 Å². The van der Waals surface area contributed by atoms with E-state index in [2.05, 4.69) is 44.2 Å². The molecule has 0 amide bonds. The molecule has 0 spiro atoms. The largest absolute Gasteiger partial charge is 0.437 e. The van der Waals surface area contributed by atoms with Gasteiger partial charge in [-0.05, 0) is 64.2 Å². The first kappa shape index (κ1) is 39.4. The summed E-state index contributed by atoms with van der Waals surface area (Å²) in [6.45, 7) is 16.2. The van der Waals surface area contributed by atoms with Crippen LogP contribution in [0, 0.1) is 0 Å². The fraction of sp³-hybridized carbons (Fsp3) is 1.00. The van der Waals surface area contributed by atoms with Crippen molar-refractivity contribution in [2.45, 2.75) is 161 Å². The van der Waals surface area contributed by atoms with Gasteiger partial charge in [0.1, 0.15) is 6.79 Å². The first-order chi connectivity index (χ1) is 18.5. The number of methoxy groups -OCH3 is 1. The lowest BCUT2D eigenvalue weighted by atomic mass is 10.1.